The summed E-state index contributed by atoms with van der Waals surface area (Å²) in [6.07, 6.45) is 4.47. The second-order valence-electron chi connectivity index (χ2n) is 6.05. The van der Waals surface area contributed by atoms with Crippen molar-refractivity contribution in [1.29, 1.82) is 0 Å². The molecule has 0 atom stereocenters. The molecule has 0 aliphatic carbocycles. The smallest absolute Gasteiger partial charge is 0.224 e. The van der Waals surface area contributed by atoms with Crippen LogP contribution in [0.1, 0.15) is 12.0 Å². The lowest BCUT2D eigenvalue weighted by molar-refractivity contribution is -0.116. The molecule has 0 spiro atoms. The minimum absolute atomic E-state index is 0.0619. The maximum atomic E-state index is 12.4. The van der Waals surface area contributed by atoms with Crippen molar-refractivity contribution in [3.63, 3.8) is 0 Å². The van der Waals surface area contributed by atoms with E-state index in [9.17, 15) is 4.79 Å². The Morgan fingerprint density at radius 3 is 2.96 bits per heavy atom. The summed E-state index contributed by atoms with van der Waals surface area (Å²) in [5.74, 6) is 0.548. The van der Waals surface area contributed by atoms with Gasteiger partial charge < -0.3 is 15.0 Å². The van der Waals surface area contributed by atoms with E-state index < -0.39 is 0 Å². The number of fused-ring (bicyclic) bond motifs is 1. The molecule has 2 aromatic heterocycles. The van der Waals surface area contributed by atoms with E-state index in [4.69, 9.17) is 4.74 Å². The minimum atomic E-state index is -0.0619. The molecule has 0 saturated heterocycles. The Morgan fingerprint density at radius 2 is 2.15 bits per heavy atom. The number of nitrogens with one attached hydrogen (secondary N) is 2. The summed E-state index contributed by atoms with van der Waals surface area (Å²) in [5.41, 5.74) is 3.51. The van der Waals surface area contributed by atoms with Gasteiger partial charge in [-0.15, -0.1) is 5.10 Å². The van der Waals surface area contributed by atoms with Gasteiger partial charge in [0.15, 0.2) is 0 Å². The molecular formula is C19H18N6O2. The second kappa shape index (κ2) is 7.28. The maximum absolute atomic E-state index is 12.4. The van der Waals surface area contributed by atoms with Crippen LogP contribution in [0.4, 0.5) is 5.69 Å². The van der Waals surface area contributed by atoms with Crippen LogP contribution in [0, 0.1) is 0 Å². The number of aromatic amines is 1. The van der Waals surface area contributed by atoms with Crippen LogP contribution in [0.5, 0.6) is 5.75 Å². The molecule has 0 radical (unpaired) electrons. The lowest BCUT2D eigenvalue weighted by Gasteiger charge is -2.11. The van der Waals surface area contributed by atoms with Gasteiger partial charge in [0.05, 0.1) is 7.11 Å². The van der Waals surface area contributed by atoms with Crippen molar-refractivity contribution in [2.24, 2.45) is 0 Å². The van der Waals surface area contributed by atoms with Gasteiger partial charge in [0.25, 0.3) is 0 Å². The lowest BCUT2D eigenvalue weighted by atomic mass is 10.1. The summed E-state index contributed by atoms with van der Waals surface area (Å²) in [7, 11) is 1.57. The van der Waals surface area contributed by atoms with E-state index >= 15 is 0 Å². The minimum Gasteiger partial charge on any atom is -0.494 e. The summed E-state index contributed by atoms with van der Waals surface area (Å²) < 4.78 is 6.82. The number of amides is 1. The first kappa shape index (κ1) is 16.8. The average molecular weight is 362 g/mol. The highest BCUT2D eigenvalue weighted by Crippen LogP contribution is 2.26. The van der Waals surface area contributed by atoms with E-state index in [1.165, 1.54) is 11.0 Å². The topological polar surface area (TPSA) is 97.7 Å². The van der Waals surface area contributed by atoms with Gasteiger partial charge in [-0.2, -0.15) is 4.68 Å². The van der Waals surface area contributed by atoms with E-state index in [0.29, 0.717) is 30.0 Å². The SMILES string of the molecule is COc1ccc(NC(=O)CCc2c[nH]c3ccccc23)cc1-n1cnnn1. The Labute approximate surface area is 155 Å². The average Bonchev–Trinajstić information content (AvgIpc) is 3.36. The van der Waals surface area contributed by atoms with Gasteiger partial charge in [-0.25, -0.2) is 0 Å². The standard InChI is InChI=1S/C19H18N6O2/c1-27-18-8-7-14(10-17(18)25-12-21-23-24-25)22-19(26)9-6-13-11-20-16-5-3-2-4-15(13)16/h2-5,7-8,10-12,20H,6,9H2,1H3,(H,22,26). The van der Waals surface area contributed by atoms with Crippen LogP contribution in [0.25, 0.3) is 16.6 Å². The Balaban J connectivity index is 1.46. The fourth-order valence-electron chi connectivity index (χ4n) is 3.03. The van der Waals surface area contributed by atoms with Crippen molar-refractivity contribution >= 4 is 22.5 Å². The zero-order valence-electron chi connectivity index (χ0n) is 14.7. The third-order valence-corrected chi connectivity index (χ3v) is 4.35. The first-order valence-corrected chi connectivity index (χ1v) is 8.51. The Kier molecular flexibility index (Phi) is 4.52. The number of aryl methyl sites for hydroxylation is 1. The summed E-state index contributed by atoms with van der Waals surface area (Å²) in [6, 6.07) is 13.4. The van der Waals surface area contributed by atoms with Crippen LogP contribution in [0.2, 0.25) is 0 Å². The first-order valence-electron chi connectivity index (χ1n) is 8.51. The van der Waals surface area contributed by atoms with Crippen molar-refractivity contribution in [3.05, 3.63) is 60.6 Å². The number of rotatable bonds is 6. The number of hydrogen-bond donors (Lipinski definition) is 2. The van der Waals surface area contributed by atoms with Crippen molar-refractivity contribution in [2.45, 2.75) is 12.8 Å². The van der Waals surface area contributed by atoms with E-state index in [1.807, 2.05) is 24.4 Å². The van der Waals surface area contributed by atoms with Gasteiger partial charge in [0.1, 0.15) is 17.8 Å². The molecule has 0 unspecified atom stereocenters. The van der Waals surface area contributed by atoms with Crippen LogP contribution in [-0.2, 0) is 11.2 Å². The largest absolute Gasteiger partial charge is 0.494 e. The molecule has 1 amide bonds. The summed E-state index contributed by atoms with van der Waals surface area (Å²) in [5, 5.41) is 15.2. The number of anilines is 1. The van der Waals surface area contributed by atoms with Crippen LogP contribution in [0.3, 0.4) is 0 Å². The van der Waals surface area contributed by atoms with E-state index in [0.717, 1.165) is 16.5 Å². The van der Waals surface area contributed by atoms with Gasteiger partial charge in [-0.1, -0.05) is 18.2 Å². The normalized spacial score (nSPS) is 10.9. The predicted octanol–water partition coefficient (Wildman–Crippen LogP) is 2.72. The molecule has 2 heterocycles. The molecule has 27 heavy (non-hydrogen) atoms. The van der Waals surface area contributed by atoms with Crippen LogP contribution < -0.4 is 10.1 Å². The van der Waals surface area contributed by atoms with Crippen molar-refractivity contribution in [2.75, 3.05) is 12.4 Å². The molecule has 0 bridgehead atoms. The van der Waals surface area contributed by atoms with Gasteiger partial charge in [-0.05, 0) is 46.7 Å². The number of aromatic nitrogens is 5. The number of tetrazole rings is 1. The van der Waals surface area contributed by atoms with E-state index in [-0.39, 0.29) is 5.91 Å². The second-order valence-corrected chi connectivity index (χ2v) is 6.05. The van der Waals surface area contributed by atoms with Crippen LogP contribution in [-0.4, -0.2) is 38.2 Å². The number of ether oxygens (including phenoxy) is 1. The zero-order valence-corrected chi connectivity index (χ0v) is 14.7. The molecule has 0 aliphatic rings. The highest BCUT2D eigenvalue weighted by molar-refractivity contribution is 5.92. The summed E-state index contributed by atoms with van der Waals surface area (Å²) >= 11 is 0. The zero-order chi connectivity index (χ0) is 18.6. The lowest BCUT2D eigenvalue weighted by Crippen LogP contribution is -2.13. The molecule has 4 rings (SSSR count). The Morgan fingerprint density at radius 1 is 1.26 bits per heavy atom. The highest BCUT2D eigenvalue weighted by Gasteiger charge is 2.11. The first-order chi connectivity index (χ1) is 13.2. The number of H-pyrrole nitrogens is 1. The molecule has 8 heteroatoms. The number of benzene rings is 2. The Hall–Kier alpha value is -3.68. The van der Waals surface area contributed by atoms with Crippen LogP contribution in [0.15, 0.2) is 55.0 Å². The predicted molar refractivity (Wildman–Crippen MR) is 101 cm³/mol. The number of methoxy groups -OCH3 is 1. The third kappa shape index (κ3) is 3.50. The summed E-state index contributed by atoms with van der Waals surface area (Å²) in [4.78, 5) is 15.6. The highest BCUT2D eigenvalue weighted by atomic mass is 16.5. The fourth-order valence-corrected chi connectivity index (χ4v) is 3.03. The van der Waals surface area contributed by atoms with E-state index in [2.05, 4.69) is 31.9 Å². The molecule has 0 fully saturated rings. The quantitative estimate of drug-likeness (QED) is 0.550. The number of hydrogen-bond acceptors (Lipinski definition) is 5. The third-order valence-electron chi connectivity index (χ3n) is 4.35. The van der Waals surface area contributed by atoms with Gasteiger partial charge in [0.2, 0.25) is 5.91 Å². The molecule has 2 aromatic carbocycles. The molecule has 0 aliphatic heterocycles. The molecule has 4 aromatic rings. The van der Waals surface area contributed by atoms with Crippen LogP contribution >= 0.6 is 0 Å². The molecular weight excluding hydrogens is 344 g/mol. The number of carbonyl (C=O) groups excluding carboxylic acids is 1. The maximum Gasteiger partial charge on any atom is 0.224 e. The molecule has 0 saturated carbocycles. The molecule has 2 N–H and O–H groups in total. The van der Waals surface area contributed by atoms with Gasteiger partial charge >= 0.3 is 0 Å². The van der Waals surface area contributed by atoms with Crippen molar-refractivity contribution in [3.8, 4) is 11.4 Å². The number of carbonyl (C=O) groups is 1. The van der Waals surface area contributed by atoms with Crippen molar-refractivity contribution < 1.29 is 9.53 Å². The monoisotopic (exact) mass is 362 g/mol. The van der Waals surface area contributed by atoms with Crippen molar-refractivity contribution in [1.82, 2.24) is 25.2 Å². The molecule has 8 nitrogen and oxygen atoms in total. The summed E-state index contributed by atoms with van der Waals surface area (Å²) in [6.45, 7) is 0. The van der Waals surface area contributed by atoms with Gasteiger partial charge in [-0.3, -0.25) is 4.79 Å². The number of para-hydroxylation sites is 1. The van der Waals surface area contributed by atoms with Gasteiger partial charge in [0, 0.05) is 29.2 Å². The number of nitrogens with zero attached hydrogens (tertiary/aromatic N) is 4. The molecule has 136 valence electrons. The Bertz CT molecular complexity index is 1070. The fraction of sp³-hybridized carbons (Fsp3) is 0.158. The van der Waals surface area contributed by atoms with E-state index in [1.54, 1.807) is 25.3 Å².